The zero-order valence-corrected chi connectivity index (χ0v) is 10.3. The molecule has 1 aliphatic heterocycles. The number of carbonyl (C=O) groups excluding carboxylic acids is 1. The molecule has 0 bridgehead atoms. The first-order valence-corrected chi connectivity index (χ1v) is 5.92. The molecule has 6 heteroatoms. The number of nitrogen functional groups attached to an aromatic ring is 1. The molecule has 0 radical (unpaired) electrons. The second-order valence-electron chi connectivity index (χ2n) is 4.82. The minimum absolute atomic E-state index is 0.366. The first-order valence-electron chi connectivity index (χ1n) is 5.92. The van der Waals surface area contributed by atoms with Crippen molar-refractivity contribution in [2.75, 3.05) is 18.8 Å². The fourth-order valence-electron chi connectivity index (χ4n) is 2.58. The van der Waals surface area contributed by atoms with Crippen molar-refractivity contribution in [3.05, 3.63) is 24.0 Å². The van der Waals surface area contributed by atoms with Gasteiger partial charge < -0.3 is 21.5 Å². The molecule has 5 N–H and O–H groups in total. The van der Waals surface area contributed by atoms with Crippen LogP contribution >= 0.6 is 0 Å². The number of nitrogens with two attached hydrogens (primary N) is 2. The monoisotopic (exact) mass is 250 g/mol. The summed E-state index contributed by atoms with van der Waals surface area (Å²) in [5.74, 6) is 0.366. The molecule has 0 unspecified atom stereocenters. The Balaban J connectivity index is 2.41. The second kappa shape index (κ2) is 4.81. The van der Waals surface area contributed by atoms with E-state index in [-0.39, 0.29) is 0 Å². The van der Waals surface area contributed by atoms with Crippen LogP contribution in [0.2, 0.25) is 0 Å². The lowest BCUT2D eigenvalue weighted by atomic mass is 9.81. The maximum atomic E-state index is 11.2. The zero-order chi connectivity index (χ0) is 13.2. The van der Waals surface area contributed by atoms with Crippen molar-refractivity contribution in [1.29, 1.82) is 0 Å². The van der Waals surface area contributed by atoms with Gasteiger partial charge in [0.15, 0.2) is 5.60 Å². The van der Waals surface area contributed by atoms with E-state index in [1.54, 1.807) is 18.5 Å². The largest absolute Gasteiger partial charge is 0.437 e. The Hall–Kier alpha value is -1.82. The lowest BCUT2D eigenvalue weighted by Crippen LogP contribution is -2.50. The molecule has 1 aromatic heterocycles. The average Bonchev–Trinajstić information content (AvgIpc) is 2.28. The Morgan fingerprint density at radius 2 is 2.44 bits per heavy atom. The van der Waals surface area contributed by atoms with Crippen LogP contribution in [0.25, 0.3) is 0 Å². The molecule has 6 nitrogen and oxygen atoms in total. The lowest BCUT2D eigenvalue weighted by Gasteiger charge is -2.40. The fraction of sp³-hybridized carbons (Fsp3) is 0.500. The first-order chi connectivity index (χ1) is 8.53. The summed E-state index contributed by atoms with van der Waals surface area (Å²) in [5.41, 5.74) is 11.6. The second-order valence-corrected chi connectivity index (χ2v) is 4.82. The van der Waals surface area contributed by atoms with Crippen molar-refractivity contribution in [3.8, 4) is 0 Å². The molecule has 2 rings (SSSR count). The van der Waals surface area contributed by atoms with E-state index in [1.807, 2.05) is 0 Å². The molecule has 98 valence electrons. The molecule has 0 spiro atoms. The van der Waals surface area contributed by atoms with Gasteiger partial charge >= 0.3 is 6.09 Å². The van der Waals surface area contributed by atoms with Gasteiger partial charge in [-0.2, -0.15) is 0 Å². The van der Waals surface area contributed by atoms with Crippen molar-refractivity contribution in [2.45, 2.75) is 18.9 Å². The molecule has 0 saturated carbocycles. The summed E-state index contributed by atoms with van der Waals surface area (Å²) < 4.78 is 5.38. The summed E-state index contributed by atoms with van der Waals surface area (Å²) in [4.78, 5) is 15.1. The van der Waals surface area contributed by atoms with E-state index in [0.717, 1.165) is 12.1 Å². The number of pyridine rings is 1. The van der Waals surface area contributed by atoms with Gasteiger partial charge in [-0.25, -0.2) is 4.79 Å². The summed E-state index contributed by atoms with van der Waals surface area (Å²) in [6.45, 7) is 3.48. The van der Waals surface area contributed by atoms with Crippen LogP contribution in [0.4, 0.5) is 10.5 Å². The number of primary amides is 1. The molecule has 0 aliphatic carbocycles. The summed E-state index contributed by atoms with van der Waals surface area (Å²) in [6, 6.07) is 1.78. The number of aromatic nitrogens is 1. The predicted octanol–water partition coefficient (Wildman–Crippen LogP) is 0.584. The Kier molecular flexibility index (Phi) is 3.38. The van der Waals surface area contributed by atoms with Crippen LogP contribution in [0.15, 0.2) is 18.5 Å². The van der Waals surface area contributed by atoms with Gasteiger partial charge in [0.2, 0.25) is 0 Å². The predicted molar refractivity (Wildman–Crippen MR) is 67.6 cm³/mol. The van der Waals surface area contributed by atoms with E-state index < -0.39 is 11.7 Å². The highest BCUT2D eigenvalue weighted by Crippen LogP contribution is 2.37. The van der Waals surface area contributed by atoms with Crippen LogP contribution in [0, 0.1) is 5.92 Å². The number of nitrogens with one attached hydrogen (secondary N) is 1. The van der Waals surface area contributed by atoms with Gasteiger partial charge in [0.25, 0.3) is 0 Å². The van der Waals surface area contributed by atoms with Gasteiger partial charge in [-0.3, -0.25) is 4.98 Å². The topological polar surface area (TPSA) is 103 Å². The van der Waals surface area contributed by atoms with E-state index in [2.05, 4.69) is 17.2 Å². The van der Waals surface area contributed by atoms with E-state index >= 15 is 0 Å². The SMILES string of the molecule is C[C@H]1CNC[C@@](OC(N)=O)(c2ccncc2N)C1. The van der Waals surface area contributed by atoms with Crippen LogP contribution in [0.1, 0.15) is 18.9 Å². The number of hydrogen-bond donors (Lipinski definition) is 3. The maximum absolute atomic E-state index is 11.2. The Labute approximate surface area is 106 Å². The normalized spacial score (nSPS) is 27.7. The Morgan fingerprint density at radius 3 is 3.06 bits per heavy atom. The number of hydrogen-bond acceptors (Lipinski definition) is 5. The molecule has 1 amide bonds. The minimum Gasteiger partial charge on any atom is -0.437 e. The highest BCUT2D eigenvalue weighted by atomic mass is 16.6. The van der Waals surface area contributed by atoms with Crippen LogP contribution in [-0.4, -0.2) is 24.2 Å². The summed E-state index contributed by atoms with van der Waals surface area (Å²) in [7, 11) is 0. The third-order valence-electron chi connectivity index (χ3n) is 3.22. The third kappa shape index (κ3) is 2.38. The van der Waals surface area contributed by atoms with E-state index in [0.29, 0.717) is 24.6 Å². The van der Waals surface area contributed by atoms with E-state index in [1.165, 1.54) is 0 Å². The zero-order valence-electron chi connectivity index (χ0n) is 10.3. The number of nitrogens with zero attached hydrogens (tertiary/aromatic N) is 1. The number of piperidine rings is 1. The van der Waals surface area contributed by atoms with Gasteiger partial charge in [-0.15, -0.1) is 0 Å². The van der Waals surface area contributed by atoms with Crippen molar-refractivity contribution >= 4 is 11.8 Å². The molecule has 0 aromatic carbocycles. The summed E-state index contributed by atoms with van der Waals surface area (Å²) in [5, 5.41) is 3.25. The standard InChI is InChI=1S/C12H18N4O2/c1-8-4-12(7-16-5-8,18-11(14)17)9-2-3-15-6-10(9)13/h2-3,6,8,16H,4-5,7,13H2,1H3,(H2,14,17)/t8-,12-/m1/s1. The van der Waals surface area contributed by atoms with Gasteiger partial charge in [0, 0.05) is 18.3 Å². The molecular formula is C12H18N4O2. The molecule has 1 fully saturated rings. The van der Waals surface area contributed by atoms with Crippen molar-refractivity contribution in [2.24, 2.45) is 11.7 Å². The molecule has 18 heavy (non-hydrogen) atoms. The Morgan fingerprint density at radius 1 is 1.67 bits per heavy atom. The highest BCUT2D eigenvalue weighted by molar-refractivity contribution is 5.66. The number of ether oxygens (including phenoxy) is 1. The molecule has 2 atom stereocenters. The molecule has 1 aliphatic rings. The summed E-state index contributed by atoms with van der Waals surface area (Å²) >= 11 is 0. The van der Waals surface area contributed by atoms with Gasteiger partial charge in [-0.05, 0) is 24.9 Å². The summed E-state index contributed by atoms with van der Waals surface area (Å²) in [6.07, 6.45) is 3.09. The van der Waals surface area contributed by atoms with Crippen LogP contribution in [0.5, 0.6) is 0 Å². The smallest absolute Gasteiger partial charge is 0.405 e. The van der Waals surface area contributed by atoms with Crippen molar-refractivity contribution < 1.29 is 9.53 Å². The maximum Gasteiger partial charge on any atom is 0.405 e. The molecule has 2 heterocycles. The van der Waals surface area contributed by atoms with Crippen molar-refractivity contribution in [1.82, 2.24) is 10.3 Å². The molecule has 1 aromatic rings. The molecular weight excluding hydrogens is 232 g/mol. The van der Waals surface area contributed by atoms with Gasteiger partial charge in [0.1, 0.15) is 0 Å². The number of carbonyl (C=O) groups is 1. The van der Waals surface area contributed by atoms with Crippen LogP contribution in [0.3, 0.4) is 0 Å². The third-order valence-corrected chi connectivity index (χ3v) is 3.22. The number of amides is 1. The fourth-order valence-corrected chi connectivity index (χ4v) is 2.58. The van der Waals surface area contributed by atoms with Gasteiger partial charge in [-0.1, -0.05) is 6.92 Å². The Bertz CT molecular complexity index is 451. The molecule has 1 saturated heterocycles. The van der Waals surface area contributed by atoms with Crippen molar-refractivity contribution in [3.63, 3.8) is 0 Å². The highest BCUT2D eigenvalue weighted by Gasteiger charge is 2.41. The van der Waals surface area contributed by atoms with E-state index in [4.69, 9.17) is 16.2 Å². The number of rotatable bonds is 2. The quantitative estimate of drug-likeness (QED) is 0.712. The lowest BCUT2D eigenvalue weighted by molar-refractivity contribution is -0.0187. The van der Waals surface area contributed by atoms with Crippen LogP contribution in [-0.2, 0) is 10.3 Å². The van der Waals surface area contributed by atoms with Crippen LogP contribution < -0.4 is 16.8 Å². The van der Waals surface area contributed by atoms with E-state index in [9.17, 15) is 4.79 Å². The minimum atomic E-state index is -0.795. The number of anilines is 1. The average molecular weight is 250 g/mol. The van der Waals surface area contributed by atoms with Gasteiger partial charge in [0.05, 0.1) is 11.9 Å². The first kappa shape index (κ1) is 12.6.